The van der Waals surface area contributed by atoms with Gasteiger partial charge in [-0.1, -0.05) is 54.6 Å². The molecule has 0 atom stereocenters. The van der Waals surface area contributed by atoms with Crippen LogP contribution in [0.4, 0.5) is 0 Å². The molecule has 0 radical (unpaired) electrons. The topological polar surface area (TPSA) is 67.2 Å². The van der Waals surface area contributed by atoms with Gasteiger partial charge in [0.05, 0.1) is 11.3 Å². The highest BCUT2D eigenvalue weighted by Gasteiger charge is 2.24. The molecule has 4 rings (SSSR count). The van der Waals surface area contributed by atoms with Gasteiger partial charge in [-0.25, -0.2) is 0 Å². The van der Waals surface area contributed by atoms with Gasteiger partial charge in [-0.15, -0.1) is 5.10 Å². The zero-order chi connectivity index (χ0) is 20.1. The van der Waals surface area contributed by atoms with Crippen molar-refractivity contribution in [1.82, 2.24) is 30.0 Å². The summed E-state index contributed by atoms with van der Waals surface area (Å²) in [4.78, 5) is 17.4. The number of nitrogens with zero attached hydrogens (tertiary/aromatic N) is 6. The van der Waals surface area contributed by atoms with Crippen LogP contribution in [0.5, 0.6) is 0 Å². The molecule has 2 heterocycles. The van der Waals surface area contributed by atoms with Crippen LogP contribution in [0, 0.1) is 6.92 Å². The Kier molecular flexibility index (Phi) is 5.76. The summed E-state index contributed by atoms with van der Waals surface area (Å²) in [5.41, 5.74) is 2.55. The highest BCUT2D eigenvalue weighted by atomic mass is 16.2. The average molecular weight is 388 g/mol. The molecular weight excluding hydrogens is 364 g/mol. The fraction of sp³-hybridized carbons (Fsp3) is 0.273. The third-order valence-electron chi connectivity index (χ3n) is 5.12. The molecule has 148 valence electrons. The third-order valence-corrected chi connectivity index (χ3v) is 5.12. The Morgan fingerprint density at radius 2 is 1.72 bits per heavy atom. The number of piperazine rings is 1. The van der Waals surface area contributed by atoms with E-state index in [1.54, 1.807) is 4.68 Å². The van der Waals surface area contributed by atoms with Crippen molar-refractivity contribution in [3.8, 4) is 5.69 Å². The van der Waals surface area contributed by atoms with Crippen molar-refractivity contribution < 1.29 is 4.79 Å². The fourth-order valence-corrected chi connectivity index (χ4v) is 3.50. The molecular formula is C22H24N6O. The Balaban J connectivity index is 1.38. The normalized spacial score (nSPS) is 15.1. The van der Waals surface area contributed by atoms with Crippen molar-refractivity contribution in [1.29, 1.82) is 0 Å². The number of benzene rings is 2. The molecule has 0 aliphatic carbocycles. The van der Waals surface area contributed by atoms with Gasteiger partial charge in [0.15, 0.2) is 5.82 Å². The number of hydrogen-bond donors (Lipinski definition) is 0. The number of para-hydroxylation sites is 1. The molecule has 1 aliphatic heterocycles. The van der Waals surface area contributed by atoms with Crippen LogP contribution in [-0.2, 0) is 0 Å². The Morgan fingerprint density at radius 1 is 1.00 bits per heavy atom. The maximum atomic E-state index is 13.1. The summed E-state index contributed by atoms with van der Waals surface area (Å²) < 4.78 is 1.61. The summed E-state index contributed by atoms with van der Waals surface area (Å²) >= 11 is 0. The Bertz CT molecular complexity index is 989. The van der Waals surface area contributed by atoms with Gasteiger partial charge >= 0.3 is 0 Å². The number of aryl methyl sites for hydroxylation is 1. The average Bonchev–Trinajstić information content (AvgIpc) is 3.20. The lowest BCUT2D eigenvalue weighted by atomic mass is 10.1. The van der Waals surface area contributed by atoms with Crippen LogP contribution in [-0.4, -0.2) is 68.6 Å². The molecule has 0 spiro atoms. The smallest absolute Gasteiger partial charge is 0.256 e. The van der Waals surface area contributed by atoms with Crippen LogP contribution in [0.15, 0.2) is 60.7 Å². The molecule has 2 aromatic carbocycles. The summed E-state index contributed by atoms with van der Waals surface area (Å²) in [6, 6.07) is 17.8. The van der Waals surface area contributed by atoms with E-state index in [9.17, 15) is 4.79 Å². The molecule has 0 unspecified atom stereocenters. The molecule has 0 bridgehead atoms. The molecule has 7 nitrogen and oxygen atoms in total. The monoisotopic (exact) mass is 388 g/mol. The van der Waals surface area contributed by atoms with Gasteiger partial charge in [0, 0.05) is 32.7 Å². The van der Waals surface area contributed by atoms with Crippen LogP contribution in [0.2, 0.25) is 0 Å². The first kappa shape index (κ1) is 19.0. The first-order chi connectivity index (χ1) is 14.2. The van der Waals surface area contributed by atoms with Crippen molar-refractivity contribution in [2.75, 3.05) is 32.7 Å². The number of hydrogen-bond acceptors (Lipinski definition) is 5. The van der Waals surface area contributed by atoms with Crippen LogP contribution in [0.25, 0.3) is 11.8 Å². The first-order valence-corrected chi connectivity index (χ1v) is 9.80. The van der Waals surface area contributed by atoms with E-state index in [0.717, 1.165) is 19.6 Å². The van der Waals surface area contributed by atoms with Crippen molar-refractivity contribution >= 4 is 12.0 Å². The van der Waals surface area contributed by atoms with Gasteiger partial charge in [0.1, 0.15) is 0 Å². The van der Waals surface area contributed by atoms with Crippen molar-refractivity contribution in [2.45, 2.75) is 6.92 Å². The van der Waals surface area contributed by atoms with E-state index in [0.29, 0.717) is 30.2 Å². The summed E-state index contributed by atoms with van der Waals surface area (Å²) in [5, 5.41) is 11.6. The third kappa shape index (κ3) is 4.41. The van der Waals surface area contributed by atoms with E-state index in [4.69, 9.17) is 0 Å². The minimum Gasteiger partial charge on any atom is -0.336 e. The molecule has 1 fully saturated rings. The number of rotatable bonds is 5. The lowest BCUT2D eigenvalue weighted by Gasteiger charge is -2.34. The number of carbonyl (C=O) groups excluding carboxylic acids is 1. The molecule has 0 saturated carbocycles. The summed E-state index contributed by atoms with van der Waals surface area (Å²) in [6.07, 6.45) is 4.32. The van der Waals surface area contributed by atoms with Crippen molar-refractivity contribution in [3.05, 3.63) is 77.6 Å². The second kappa shape index (κ2) is 8.79. The molecule has 1 aromatic heterocycles. The van der Waals surface area contributed by atoms with Gasteiger partial charge in [0.25, 0.3) is 5.91 Å². The Morgan fingerprint density at radius 3 is 2.45 bits per heavy atom. The van der Waals surface area contributed by atoms with E-state index in [1.807, 2.05) is 54.3 Å². The second-order valence-corrected chi connectivity index (χ2v) is 7.06. The van der Waals surface area contributed by atoms with E-state index < -0.39 is 0 Å². The minimum atomic E-state index is 0.0231. The number of tetrazole rings is 1. The van der Waals surface area contributed by atoms with Crippen LogP contribution in [0.3, 0.4) is 0 Å². The molecule has 7 heteroatoms. The van der Waals surface area contributed by atoms with Gasteiger partial charge in [0.2, 0.25) is 0 Å². The fourth-order valence-electron chi connectivity index (χ4n) is 3.50. The SMILES string of the molecule is Cc1nnnn1-c1ccccc1C(=O)N1CCN(C/C=C/c2ccccc2)CC1. The van der Waals surface area contributed by atoms with Crippen molar-refractivity contribution in [2.24, 2.45) is 0 Å². The Hall–Kier alpha value is -3.32. The number of aromatic nitrogens is 4. The highest BCUT2D eigenvalue weighted by molar-refractivity contribution is 5.97. The van der Waals surface area contributed by atoms with Crippen LogP contribution >= 0.6 is 0 Å². The van der Waals surface area contributed by atoms with Gasteiger partial charge in [-0.3, -0.25) is 9.69 Å². The number of carbonyl (C=O) groups is 1. The molecule has 1 aliphatic rings. The molecule has 1 amide bonds. The predicted molar refractivity (Wildman–Crippen MR) is 112 cm³/mol. The zero-order valence-electron chi connectivity index (χ0n) is 16.5. The summed E-state index contributed by atoms with van der Waals surface area (Å²) in [7, 11) is 0. The minimum absolute atomic E-state index is 0.0231. The Labute approximate surface area is 170 Å². The van der Waals surface area contributed by atoms with Gasteiger partial charge < -0.3 is 4.90 Å². The van der Waals surface area contributed by atoms with E-state index in [2.05, 4.69) is 44.7 Å². The molecule has 3 aromatic rings. The van der Waals surface area contributed by atoms with Crippen molar-refractivity contribution in [3.63, 3.8) is 0 Å². The van der Waals surface area contributed by atoms with E-state index in [-0.39, 0.29) is 5.91 Å². The maximum absolute atomic E-state index is 13.1. The second-order valence-electron chi connectivity index (χ2n) is 7.06. The summed E-state index contributed by atoms with van der Waals surface area (Å²) in [5.74, 6) is 0.676. The van der Waals surface area contributed by atoms with Gasteiger partial charge in [-0.2, -0.15) is 4.68 Å². The van der Waals surface area contributed by atoms with Crippen LogP contribution in [0.1, 0.15) is 21.7 Å². The maximum Gasteiger partial charge on any atom is 0.256 e. The van der Waals surface area contributed by atoms with E-state index >= 15 is 0 Å². The molecule has 0 N–H and O–H groups in total. The van der Waals surface area contributed by atoms with E-state index in [1.165, 1.54) is 5.56 Å². The first-order valence-electron chi connectivity index (χ1n) is 9.80. The quantitative estimate of drug-likeness (QED) is 0.672. The predicted octanol–water partition coefficient (Wildman–Crippen LogP) is 2.44. The van der Waals surface area contributed by atoms with Gasteiger partial charge in [-0.05, 0) is 35.0 Å². The zero-order valence-corrected chi connectivity index (χ0v) is 16.5. The largest absolute Gasteiger partial charge is 0.336 e. The molecule has 1 saturated heterocycles. The molecule has 29 heavy (non-hydrogen) atoms. The van der Waals surface area contributed by atoms with Crippen LogP contribution < -0.4 is 0 Å². The lowest BCUT2D eigenvalue weighted by molar-refractivity contribution is 0.0650. The highest BCUT2D eigenvalue weighted by Crippen LogP contribution is 2.18. The number of amides is 1. The summed E-state index contributed by atoms with van der Waals surface area (Å²) in [6.45, 7) is 5.84. The lowest BCUT2D eigenvalue weighted by Crippen LogP contribution is -2.48. The standard InChI is InChI=1S/C22H24N6O/c1-18-23-24-25-28(18)21-12-6-5-11-20(21)22(29)27-16-14-26(15-17-27)13-7-10-19-8-3-2-4-9-19/h2-12H,13-17H2,1H3/b10-7+.